The second kappa shape index (κ2) is 4.08. The van der Waals surface area contributed by atoms with Gasteiger partial charge in [0.1, 0.15) is 16.8 Å². The van der Waals surface area contributed by atoms with Gasteiger partial charge in [-0.25, -0.2) is 9.97 Å². The van der Waals surface area contributed by atoms with E-state index in [2.05, 4.69) is 38.1 Å². The second-order valence-corrected chi connectivity index (χ2v) is 3.71. The Bertz CT molecular complexity index is 463. The van der Waals surface area contributed by atoms with Crippen molar-refractivity contribution < 1.29 is 0 Å². The van der Waals surface area contributed by atoms with Gasteiger partial charge in [0.2, 0.25) is 0 Å². The fourth-order valence-electron chi connectivity index (χ4n) is 1.09. The summed E-state index contributed by atoms with van der Waals surface area (Å²) in [6.45, 7) is 1.89. The summed E-state index contributed by atoms with van der Waals surface area (Å²) in [6.07, 6.45) is 0. The van der Waals surface area contributed by atoms with Crippen LogP contribution in [-0.2, 0) is 0 Å². The highest BCUT2D eigenvalue weighted by Crippen LogP contribution is 2.17. The standard InChI is InChI=1S/C8H8ClN5S/c1-4-2-7(14-13-4)11-6-3-5(9)10-8(15)12-6/h2-3H,1H3,(H3,10,11,12,13,14,15). The highest BCUT2D eigenvalue weighted by molar-refractivity contribution is 7.80. The SMILES string of the molecule is Cc1cc(Nc2cc(Cl)nc(S)n2)[nH]n1. The molecule has 0 aliphatic heterocycles. The van der Waals surface area contributed by atoms with E-state index in [1.165, 1.54) is 0 Å². The van der Waals surface area contributed by atoms with Gasteiger partial charge in [-0.1, -0.05) is 11.6 Å². The predicted octanol–water partition coefficient (Wildman–Crippen LogP) is 2.19. The van der Waals surface area contributed by atoms with E-state index in [9.17, 15) is 0 Å². The third kappa shape index (κ3) is 2.60. The molecular formula is C8H8ClN5S. The van der Waals surface area contributed by atoms with Gasteiger partial charge < -0.3 is 5.32 Å². The molecule has 0 bridgehead atoms. The van der Waals surface area contributed by atoms with Crippen molar-refractivity contribution >= 4 is 35.9 Å². The maximum atomic E-state index is 5.76. The van der Waals surface area contributed by atoms with E-state index in [0.29, 0.717) is 16.1 Å². The summed E-state index contributed by atoms with van der Waals surface area (Å²) in [5.74, 6) is 1.32. The minimum Gasteiger partial charge on any atom is -0.325 e. The minimum absolute atomic E-state index is 0.321. The summed E-state index contributed by atoms with van der Waals surface area (Å²) in [7, 11) is 0. The zero-order valence-corrected chi connectivity index (χ0v) is 9.47. The maximum absolute atomic E-state index is 5.76. The van der Waals surface area contributed by atoms with Gasteiger partial charge >= 0.3 is 0 Å². The lowest BCUT2D eigenvalue weighted by atomic mass is 10.4. The van der Waals surface area contributed by atoms with Gasteiger partial charge in [-0.15, -0.1) is 12.6 Å². The van der Waals surface area contributed by atoms with E-state index in [1.807, 2.05) is 13.0 Å². The van der Waals surface area contributed by atoms with E-state index in [0.717, 1.165) is 11.5 Å². The lowest BCUT2D eigenvalue weighted by Gasteiger charge is -2.02. The molecule has 2 rings (SSSR count). The van der Waals surface area contributed by atoms with Crippen LogP contribution in [0.3, 0.4) is 0 Å². The highest BCUT2D eigenvalue weighted by atomic mass is 35.5. The van der Waals surface area contributed by atoms with E-state index >= 15 is 0 Å². The van der Waals surface area contributed by atoms with Crippen LogP contribution < -0.4 is 5.32 Å². The van der Waals surface area contributed by atoms with Crippen LogP contribution in [-0.4, -0.2) is 20.2 Å². The summed E-state index contributed by atoms with van der Waals surface area (Å²) in [5, 5.41) is 10.4. The van der Waals surface area contributed by atoms with Crippen molar-refractivity contribution in [2.24, 2.45) is 0 Å². The molecule has 2 heterocycles. The lowest BCUT2D eigenvalue weighted by molar-refractivity contribution is 0.976. The van der Waals surface area contributed by atoms with Crippen molar-refractivity contribution in [1.29, 1.82) is 0 Å². The molecule has 2 aromatic rings. The molecule has 0 radical (unpaired) electrons. The van der Waals surface area contributed by atoms with Crippen molar-refractivity contribution in [2.75, 3.05) is 5.32 Å². The Kier molecular flexibility index (Phi) is 2.79. The number of rotatable bonds is 2. The van der Waals surface area contributed by atoms with Gasteiger partial charge in [0.05, 0.1) is 5.69 Å². The van der Waals surface area contributed by atoms with Crippen LogP contribution in [0.25, 0.3) is 0 Å². The zero-order valence-electron chi connectivity index (χ0n) is 7.82. The maximum Gasteiger partial charge on any atom is 0.187 e. The van der Waals surface area contributed by atoms with Gasteiger partial charge in [0, 0.05) is 12.1 Å². The summed E-state index contributed by atoms with van der Waals surface area (Å²) < 4.78 is 0. The fourth-order valence-corrected chi connectivity index (χ4v) is 1.55. The largest absolute Gasteiger partial charge is 0.325 e. The number of nitrogens with zero attached hydrogens (tertiary/aromatic N) is 3. The third-order valence-corrected chi connectivity index (χ3v) is 2.05. The van der Waals surface area contributed by atoms with Gasteiger partial charge in [-0.3, -0.25) is 5.10 Å². The molecule has 0 aromatic carbocycles. The monoisotopic (exact) mass is 241 g/mol. The molecule has 0 amide bonds. The number of aromatic nitrogens is 4. The molecule has 0 aliphatic carbocycles. The van der Waals surface area contributed by atoms with Crippen LogP contribution >= 0.6 is 24.2 Å². The zero-order chi connectivity index (χ0) is 10.8. The first-order valence-corrected chi connectivity index (χ1v) is 4.98. The highest BCUT2D eigenvalue weighted by Gasteiger charge is 2.02. The molecule has 0 unspecified atom stereocenters. The fraction of sp³-hybridized carbons (Fsp3) is 0.125. The first-order chi connectivity index (χ1) is 7.13. The Morgan fingerprint density at radius 1 is 1.40 bits per heavy atom. The second-order valence-electron chi connectivity index (χ2n) is 2.92. The number of hydrogen-bond donors (Lipinski definition) is 3. The predicted molar refractivity (Wildman–Crippen MR) is 60.9 cm³/mol. The number of hydrogen-bond acceptors (Lipinski definition) is 5. The Morgan fingerprint density at radius 3 is 2.80 bits per heavy atom. The third-order valence-electron chi connectivity index (χ3n) is 1.65. The Labute approximate surface area is 96.7 Å². The van der Waals surface area contributed by atoms with Crippen molar-refractivity contribution in [1.82, 2.24) is 20.2 Å². The summed E-state index contributed by atoms with van der Waals surface area (Å²) >= 11 is 9.78. The molecule has 5 nitrogen and oxygen atoms in total. The molecule has 0 aliphatic rings. The van der Waals surface area contributed by atoms with Crippen molar-refractivity contribution in [3.63, 3.8) is 0 Å². The number of aromatic amines is 1. The average molecular weight is 242 g/mol. The number of aryl methyl sites for hydroxylation is 1. The van der Waals surface area contributed by atoms with Crippen molar-refractivity contribution in [2.45, 2.75) is 12.1 Å². The first-order valence-electron chi connectivity index (χ1n) is 4.16. The smallest absolute Gasteiger partial charge is 0.187 e. The molecule has 7 heteroatoms. The van der Waals surface area contributed by atoms with E-state index in [4.69, 9.17) is 11.6 Å². The number of anilines is 2. The van der Waals surface area contributed by atoms with E-state index in [1.54, 1.807) is 6.07 Å². The van der Waals surface area contributed by atoms with Crippen LogP contribution in [0.5, 0.6) is 0 Å². The van der Waals surface area contributed by atoms with Crippen LogP contribution in [0.2, 0.25) is 5.15 Å². The topological polar surface area (TPSA) is 66.5 Å². The lowest BCUT2D eigenvalue weighted by Crippen LogP contribution is -1.96. The summed E-state index contributed by atoms with van der Waals surface area (Å²) in [5.41, 5.74) is 0.892. The molecule has 0 atom stereocenters. The van der Waals surface area contributed by atoms with Crippen molar-refractivity contribution in [3.8, 4) is 0 Å². The van der Waals surface area contributed by atoms with Crippen LogP contribution in [0.15, 0.2) is 17.3 Å². The molecule has 0 fully saturated rings. The number of thiol groups is 1. The summed E-state index contributed by atoms with van der Waals surface area (Å²) in [6, 6.07) is 3.46. The summed E-state index contributed by atoms with van der Waals surface area (Å²) in [4.78, 5) is 7.88. The quantitative estimate of drug-likeness (QED) is 0.428. The Morgan fingerprint density at radius 2 is 2.20 bits per heavy atom. The number of H-pyrrole nitrogens is 1. The normalized spacial score (nSPS) is 10.3. The Hall–Kier alpha value is -1.27. The average Bonchev–Trinajstić information content (AvgIpc) is 2.49. The van der Waals surface area contributed by atoms with Gasteiger partial charge in [0.15, 0.2) is 5.16 Å². The van der Waals surface area contributed by atoms with E-state index < -0.39 is 0 Å². The molecule has 15 heavy (non-hydrogen) atoms. The van der Waals surface area contributed by atoms with Gasteiger partial charge in [-0.2, -0.15) is 5.10 Å². The van der Waals surface area contributed by atoms with E-state index in [-0.39, 0.29) is 0 Å². The molecule has 0 saturated carbocycles. The molecule has 2 N–H and O–H groups in total. The first kappa shape index (κ1) is 10.3. The molecular weight excluding hydrogens is 234 g/mol. The Balaban J connectivity index is 2.24. The molecule has 78 valence electrons. The number of halogens is 1. The minimum atomic E-state index is 0.321. The van der Waals surface area contributed by atoms with Gasteiger partial charge in [-0.05, 0) is 6.92 Å². The molecule has 0 spiro atoms. The van der Waals surface area contributed by atoms with Crippen molar-refractivity contribution in [3.05, 3.63) is 23.0 Å². The molecule has 2 aromatic heterocycles. The number of nitrogens with one attached hydrogen (secondary N) is 2. The van der Waals surface area contributed by atoms with Gasteiger partial charge in [0.25, 0.3) is 0 Å². The van der Waals surface area contributed by atoms with Crippen LogP contribution in [0, 0.1) is 6.92 Å². The van der Waals surface area contributed by atoms with Crippen LogP contribution in [0.4, 0.5) is 11.6 Å². The van der Waals surface area contributed by atoms with Crippen LogP contribution in [0.1, 0.15) is 5.69 Å². The molecule has 0 saturated heterocycles.